The standard InChI is InChI=1S/C22H22N8O3/c31-20(30-6-5-17-18(12-30)26-29-25-17)9-19-27-28-21(33-19)15-10-23-22(24-11-15)32-16-7-13-3-1-2-4-14(13)8-16/h1-4,10-11,16,25-26,29H,5-9,12H2. The third kappa shape index (κ3) is 3.98. The molecule has 11 nitrogen and oxygen atoms in total. The van der Waals surface area contributed by atoms with E-state index in [1.807, 2.05) is 12.1 Å². The molecule has 168 valence electrons. The molecule has 0 saturated heterocycles. The number of hydrazine groups is 2. The number of carbonyl (C=O) groups excluding carboxylic acids is 1. The first kappa shape index (κ1) is 19.7. The lowest BCUT2D eigenvalue weighted by Gasteiger charge is -2.26. The first-order valence-corrected chi connectivity index (χ1v) is 10.9. The van der Waals surface area contributed by atoms with E-state index >= 15 is 0 Å². The van der Waals surface area contributed by atoms with Gasteiger partial charge in [0.2, 0.25) is 11.8 Å². The van der Waals surface area contributed by atoms with Crippen molar-refractivity contribution in [1.29, 1.82) is 0 Å². The molecule has 3 aliphatic rings. The predicted octanol–water partition coefficient (Wildman–Crippen LogP) is 0.672. The van der Waals surface area contributed by atoms with Crippen molar-refractivity contribution in [3.63, 3.8) is 0 Å². The summed E-state index contributed by atoms with van der Waals surface area (Å²) < 4.78 is 11.6. The Morgan fingerprint density at radius 3 is 2.64 bits per heavy atom. The summed E-state index contributed by atoms with van der Waals surface area (Å²) in [6, 6.07) is 8.65. The Hall–Kier alpha value is -3.99. The largest absolute Gasteiger partial charge is 0.459 e. The first-order chi connectivity index (χ1) is 16.2. The molecule has 0 spiro atoms. The van der Waals surface area contributed by atoms with Crippen molar-refractivity contribution in [3.05, 3.63) is 65.1 Å². The van der Waals surface area contributed by atoms with Crippen molar-refractivity contribution >= 4 is 5.91 Å². The maximum Gasteiger partial charge on any atom is 0.316 e. The molecule has 6 rings (SSSR count). The SMILES string of the molecule is O=C(Cc1nnc(-c2cnc(OC3Cc4ccccc4C3)nc2)o1)N1CCC2=C(C1)NNN2. The minimum absolute atomic E-state index is 0.0295. The van der Waals surface area contributed by atoms with E-state index in [0.717, 1.165) is 30.7 Å². The molecule has 2 aliphatic heterocycles. The highest BCUT2D eigenvalue weighted by Crippen LogP contribution is 2.25. The number of hydrogen-bond donors (Lipinski definition) is 3. The van der Waals surface area contributed by atoms with E-state index < -0.39 is 0 Å². The molecule has 4 heterocycles. The molecule has 1 aliphatic carbocycles. The van der Waals surface area contributed by atoms with Crippen molar-refractivity contribution in [2.24, 2.45) is 0 Å². The Kier molecular flexibility index (Phi) is 4.87. The highest BCUT2D eigenvalue weighted by Gasteiger charge is 2.27. The lowest BCUT2D eigenvalue weighted by Crippen LogP contribution is -2.40. The van der Waals surface area contributed by atoms with Crippen molar-refractivity contribution in [2.75, 3.05) is 13.1 Å². The summed E-state index contributed by atoms with van der Waals surface area (Å²) in [6.45, 7) is 1.15. The van der Waals surface area contributed by atoms with Gasteiger partial charge in [-0.05, 0) is 11.1 Å². The van der Waals surface area contributed by atoms with Crippen LogP contribution in [0.2, 0.25) is 0 Å². The minimum atomic E-state index is -0.0667. The van der Waals surface area contributed by atoms with E-state index in [0.29, 0.717) is 24.7 Å². The van der Waals surface area contributed by atoms with Gasteiger partial charge in [-0.3, -0.25) is 4.79 Å². The summed E-state index contributed by atoms with van der Waals surface area (Å²) in [5, 5.41) is 8.07. The van der Waals surface area contributed by atoms with Gasteiger partial charge >= 0.3 is 6.01 Å². The second-order valence-corrected chi connectivity index (χ2v) is 8.25. The van der Waals surface area contributed by atoms with Gasteiger partial charge in [0, 0.05) is 38.2 Å². The predicted molar refractivity (Wildman–Crippen MR) is 115 cm³/mol. The number of aromatic nitrogens is 4. The van der Waals surface area contributed by atoms with E-state index in [1.54, 1.807) is 17.3 Å². The molecule has 0 atom stereocenters. The van der Waals surface area contributed by atoms with Crippen LogP contribution in [0.15, 0.2) is 52.5 Å². The molecule has 3 N–H and O–H groups in total. The number of nitrogens with one attached hydrogen (secondary N) is 3. The van der Waals surface area contributed by atoms with Gasteiger partial charge in [-0.1, -0.05) is 24.3 Å². The third-order valence-corrected chi connectivity index (χ3v) is 6.05. The molecule has 1 aromatic carbocycles. The van der Waals surface area contributed by atoms with Gasteiger partial charge in [0.05, 0.1) is 23.5 Å². The number of fused-ring (bicyclic) bond motifs is 1. The Labute approximate surface area is 189 Å². The Morgan fingerprint density at radius 1 is 1.09 bits per heavy atom. The smallest absolute Gasteiger partial charge is 0.316 e. The first-order valence-electron chi connectivity index (χ1n) is 10.9. The molecule has 0 bridgehead atoms. The second kappa shape index (κ2) is 8.17. The normalized spacial score (nSPS) is 17.4. The summed E-state index contributed by atoms with van der Waals surface area (Å²) in [7, 11) is 0. The van der Waals surface area contributed by atoms with Crippen LogP contribution in [0.1, 0.15) is 23.4 Å². The highest BCUT2D eigenvalue weighted by molar-refractivity contribution is 5.78. The van der Waals surface area contributed by atoms with E-state index in [2.05, 4.69) is 48.7 Å². The van der Waals surface area contributed by atoms with E-state index in [4.69, 9.17) is 9.15 Å². The fraction of sp³-hybridized carbons (Fsp3) is 0.318. The van der Waals surface area contributed by atoms with Crippen molar-refractivity contribution in [3.8, 4) is 17.5 Å². The molecule has 0 radical (unpaired) electrons. The van der Waals surface area contributed by atoms with E-state index in [1.165, 1.54) is 11.1 Å². The molecular formula is C22H22N8O3. The lowest BCUT2D eigenvalue weighted by molar-refractivity contribution is -0.130. The number of amides is 1. The van der Waals surface area contributed by atoms with Gasteiger partial charge in [0.25, 0.3) is 5.89 Å². The van der Waals surface area contributed by atoms with Crippen LogP contribution in [-0.2, 0) is 24.1 Å². The molecule has 1 amide bonds. The van der Waals surface area contributed by atoms with E-state index in [9.17, 15) is 4.79 Å². The zero-order valence-corrected chi connectivity index (χ0v) is 17.7. The number of nitrogens with zero attached hydrogens (tertiary/aromatic N) is 5. The Morgan fingerprint density at radius 2 is 1.85 bits per heavy atom. The molecule has 0 unspecified atom stereocenters. The average molecular weight is 446 g/mol. The summed E-state index contributed by atoms with van der Waals surface area (Å²) in [5.74, 6) is 0.463. The summed E-state index contributed by atoms with van der Waals surface area (Å²) in [5.41, 5.74) is 14.1. The van der Waals surface area contributed by atoms with Gasteiger partial charge in [0.15, 0.2) is 0 Å². The second-order valence-electron chi connectivity index (χ2n) is 8.25. The Balaban J connectivity index is 1.06. The van der Waals surface area contributed by atoms with Crippen LogP contribution < -0.4 is 21.1 Å². The number of hydrogen-bond acceptors (Lipinski definition) is 10. The Bertz CT molecular complexity index is 1200. The minimum Gasteiger partial charge on any atom is -0.459 e. The maximum atomic E-state index is 12.7. The van der Waals surface area contributed by atoms with Crippen LogP contribution in [-0.4, -0.2) is 50.2 Å². The maximum absolute atomic E-state index is 12.7. The van der Waals surface area contributed by atoms with Crippen LogP contribution in [0, 0.1) is 0 Å². The summed E-state index contributed by atoms with van der Waals surface area (Å²) in [6.07, 6.45) is 5.71. The van der Waals surface area contributed by atoms with Crippen LogP contribution in [0.3, 0.4) is 0 Å². The third-order valence-electron chi connectivity index (χ3n) is 6.05. The van der Waals surface area contributed by atoms with Gasteiger partial charge < -0.3 is 24.9 Å². The summed E-state index contributed by atoms with van der Waals surface area (Å²) in [4.78, 5) is 23.0. The fourth-order valence-electron chi connectivity index (χ4n) is 4.33. The monoisotopic (exact) mass is 446 g/mol. The number of rotatable bonds is 5. The van der Waals surface area contributed by atoms with Crippen molar-refractivity contribution in [1.82, 2.24) is 41.5 Å². The molecule has 0 fully saturated rings. The number of ether oxygens (including phenoxy) is 1. The van der Waals surface area contributed by atoms with E-state index in [-0.39, 0.29) is 30.2 Å². The molecule has 11 heteroatoms. The topological polar surface area (TPSA) is 130 Å². The lowest BCUT2D eigenvalue weighted by atomic mass is 10.1. The van der Waals surface area contributed by atoms with Gasteiger partial charge in [-0.15, -0.1) is 10.2 Å². The highest BCUT2D eigenvalue weighted by atomic mass is 16.5. The molecule has 33 heavy (non-hydrogen) atoms. The fourth-order valence-corrected chi connectivity index (χ4v) is 4.33. The zero-order valence-electron chi connectivity index (χ0n) is 17.7. The molecule has 2 aromatic heterocycles. The van der Waals surface area contributed by atoms with Gasteiger partial charge in [-0.2, -0.15) is 5.53 Å². The molecular weight excluding hydrogens is 424 g/mol. The van der Waals surface area contributed by atoms with Gasteiger partial charge in [-0.25, -0.2) is 9.97 Å². The zero-order chi connectivity index (χ0) is 22.2. The summed E-state index contributed by atoms with van der Waals surface area (Å²) >= 11 is 0. The van der Waals surface area contributed by atoms with Crippen LogP contribution >= 0.6 is 0 Å². The average Bonchev–Trinajstić information content (AvgIpc) is 3.58. The van der Waals surface area contributed by atoms with Gasteiger partial charge in [0.1, 0.15) is 12.5 Å². The molecule has 0 saturated carbocycles. The number of carbonyl (C=O) groups is 1. The van der Waals surface area contributed by atoms with Crippen LogP contribution in [0.4, 0.5) is 0 Å². The van der Waals surface area contributed by atoms with Crippen LogP contribution in [0.25, 0.3) is 11.5 Å². The number of benzene rings is 1. The quantitative estimate of drug-likeness (QED) is 0.514. The van der Waals surface area contributed by atoms with Crippen LogP contribution in [0.5, 0.6) is 6.01 Å². The van der Waals surface area contributed by atoms with Crippen molar-refractivity contribution in [2.45, 2.75) is 31.8 Å². The molecule has 3 aromatic rings. The van der Waals surface area contributed by atoms with Crippen molar-refractivity contribution < 1.29 is 13.9 Å².